The first-order chi connectivity index (χ1) is 5.57. The molecule has 1 heterocycles. The maximum atomic E-state index is 11.1. The number of rotatable bonds is 2. The van der Waals surface area contributed by atoms with Gasteiger partial charge in [0.25, 0.3) is 0 Å². The molecule has 2 atom stereocenters. The first-order valence-corrected chi connectivity index (χ1v) is 6.03. The minimum atomic E-state index is -2.98. The van der Waals surface area contributed by atoms with E-state index in [1.54, 1.807) is 0 Å². The van der Waals surface area contributed by atoms with Gasteiger partial charge in [-0.3, -0.25) is 0 Å². The van der Waals surface area contributed by atoms with Crippen molar-refractivity contribution in [3.8, 4) is 0 Å². The van der Waals surface area contributed by atoms with E-state index < -0.39 is 15.9 Å². The molecule has 0 aromatic carbocycles. The normalized spacial score (nSPS) is 40.1. The number of sulfone groups is 1. The van der Waals surface area contributed by atoms with E-state index >= 15 is 0 Å². The van der Waals surface area contributed by atoms with E-state index in [0.717, 1.165) is 12.8 Å². The van der Waals surface area contributed by atoms with Gasteiger partial charge in [-0.25, -0.2) is 8.42 Å². The highest BCUT2D eigenvalue weighted by Crippen LogP contribution is 2.22. The fourth-order valence-corrected chi connectivity index (χ4v) is 3.30. The lowest BCUT2D eigenvalue weighted by atomic mass is 10.2. The summed E-state index contributed by atoms with van der Waals surface area (Å²) in [5, 5.41) is 12.5. The van der Waals surface area contributed by atoms with Gasteiger partial charge in [0.05, 0.1) is 17.6 Å². The van der Waals surface area contributed by atoms with Crippen molar-refractivity contribution >= 4 is 9.84 Å². The molecular formula is C7H13NO3S. The van der Waals surface area contributed by atoms with Gasteiger partial charge in [-0.1, -0.05) is 0 Å². The zero-order valence-electron chi connectivity index (χ0n) is 6.73. The van der Waals surface area contributed by atoms with Gasteiger partial charge in [-0.2, -0.15) is 0 Å². The van der Waals surface area contributed by atoms with E-state index in [4.69, 9.17) is 0 Å². The Bertz CT molecular complexity index is 270. The van der Waals surface area contributed by atoms with Crippen LogP contribution in [0.3, 0.4) is 0 Å². The largest absolute Gasteiger partial charge is 0.390 e. The summed E-state index contributed by atoms with van der Waals surface area (Å²) in [6.07, 6.45) is 1.53. The number of hydrogen-bond acceptors (Lipinski definition) is 4. The number of nitrogens with one attached hydrogen (secondary N) is 1. The highest BCUT2D eigenvalue weighted by molar-refractivity contribution is 7.91. The van der Waals surface area contributed by atoms with E-state index in [1.165, 1.54) is 0 Å². The number of aliphatic hydroxyl groups excluding tert-OH is 1. The van der Waals surface area contributed by atoms with Crippen LogP contribution in [-0.2, 0) is 9.84 Å². The summed E-state index contributed by atoms with van der Waals surface area (Å²) >= 11 is 0. The van der Waals surface area contributed by atoms with Gasteiger partial charge in [0.1, 0.15) is 0 Å². The zero-order valence-corrected chi connectivity index (χ0v) is 7.55. The highest BCUT2D eigenvalue weighted by atomic mass is 32.2. The maximum absolute atomic E-state index is 11.1. The minimum absolute atomic E-state index is 0.0720. The molecule has 1 saturated heterocycles. The third-order valence-electron chi connectivity index (χ3n) is 2.35. The second-order valence-electron chi connectivity index (χ2n) is 3.69. The fourth-order valence-electron chi connectivity index (χ4n) is 1.54. The lowest BCUT2D eigenvalue weighted by Crippen LogP contribution is -2.40. The zero-order chi connectivity index (χ0) is 8.77. The molecule has 0 amide bonds. The fraction of sp³-hybridized carbons (Fsp3) is 1.00. The predicted molar refractivity (Wildman–Crippen MR) is 44.6 cm³/mol. The summed E-state index contributed by atoms with van der Waals surface area (Å²) in [6, 6.07) is 0.237. The van der Waals surface area contributed by atoms with Crippen molar-refractivity contribution < 1.29 is 13.5 Å². The van der Waals surface area contributed by atoms with Gasteiger partial charge >= 0.3 is 0 Å². The first kappa shape index (κ1) is 8.47. The van der Waals surface area contributed by atoms with Crippen molar-refractivity contribution in [2.75, 3.05) is 11.5 Å². The van der Waals surface area contributed by atoms with Crippen molar-refractivity contribution in [2.45, 2.75) is 31.0 Å². The van der Waals surface area contributed by atoms with E-state index in [9.17, 15) is 13.5 Å². The topological polar surface area (TPSA) is 66.4 Å². The molecule has 0 spiro atoms. The standard InChI is InChI=1S/C7H13NO3S/c9-7-4-12(10,11)3-6(7)8-5-1-2-5/h5-9H,1-4H2/t6-,7-/m0/s1. The van der Waals surface area contributed by atoms with E-state index in [0.29, 0.717) is 6.04 Å². The molecule has 5 heteroatoms. The van der Waals surface area contributed by atoms with Crippen LogP contribution >= 0.6 is 0 Å². The molecule has 1 aliphatic carbocycles. The monoisotopic (exact) mass is 191 g/mol. The summed E-state index contributed by atoms with van der Waals surface area (Å²) in [4.78, 5) is 0. The van der Waals surface area contributed by atoms with Crippen molar-refractivity contribution in [1.29, 1.82) is 0 Å². The molecule has 0 bridgehead atoms. The molecule has 1 saturated carbocycles. The van der Waals surface area contributed by atoms with Crippen LogP contribution in [0.1, 0.15) is 12.8 Å². The summed E-state index contributed by atoms with van der Waals surface area (Å²) in [6.45, 7) is 0. The van der Waals surface area contributed by atoms with Crippen molar-refractivity contribution in [3.05, 3.63) is 0 Å². The van der Waals surface area contributed by atoms with Gasteiger partial charge in [-0.15, -0.1) is 0 Å². The molecule has 2 aliphatic rings. The third-order valence-corrected chi connectivity index (χ3v) is 4.07. The lowest BCUT2D eigenvalue weighted by molar-refractivity contribution is 0.165. The quantitative estimate of drug-likeness (QED) is 0.581. The Kier molecular flexibility index (Phi) is 1.89. The second kappa shape index (κ2) is 2.68. The molecule has 0 aromatic rings. The Balaban J connectivity index is 1.98. The summed E-state index contributed by atoms with van der Waals surface area (Å²) < 4.78 is 22.1. The van der Waals surface area contributed by atoms with E-state index in [1.807, 2.05) is 0 Å². The maximum Gasteiger partial charge on any atom is 0.154 e. The minimum Gasteiger partial charge on any atom is -0.390 e. The second-order valence-corrected chi connectivity index (χ2v) is 5.85. The van der Waals surface area contributed by atoms with Crippen molar-refractivity contribution in [1.82, 2.24) is 5.32 Å². The molecule has 70 valence electrons. The van der Waals surface area contributed by atoms with Gasteiger partial charge in [-0.05, 0) is 12.8 Å². The molecule has 1 aliphatic heterocycles. The molecule has 2 rings (SSSR count). The lowest BCUT2D eigenvalue weighted by Gasteiger charge is -2.13. The summed E-state index contributed by atoms with van der Waals surface area (Å²) in [5.74, 6) is 0.0298. The Labute approximate surface area is 71.9 Å². The average molecular weight is 191 g/mol. The van der Waals surface area contributed by atoms with Crippen LogP contribution in [0, 0.1) is 0 Å². The predicted octanol–water partition coefficient (Wildman–Crippen LogP) is -1.10. The van der Waals surface area contributed by atoms with Gasteiger partial charge in [0, 0.05) is 12.1 Å². The summed E-state index contributed by atoms with van der Waals surface area (Å²) in [5.41, 5.74) is 0. The molecule has 0 aromatic heterocycles. The Morgan fingerprint density at radius 1 is 1.25 bits per heavy atom. The SMILES string of the molecule is O=S1(=O)C[C@H](NC2CC2)[C@@H](O)C1. The van der Waals surface area contributed by atoms with Crippen LogP contribution in [0.5, 0.6) is 0 Å². The molecule has 12 heavy (non-hydrogen) atoms. The van der Waals surface area contributed by atoms with E-state index in [2.05, 4.69) is 5.32 Å². The molecule has 0 radical (unpaired) electrons. The third kappa shape index (κ3) is 1.78. The van der Waals surface area contributed by atoms with Crippen molar-refractivity contribution in [3.63, 3.8) is 0 Å². The molecular weight excluding hydrogens is 178 g/mol. The Morgan fingerprint density at radius 3 is 2.33 bits per heavy atom. The van der Waals surface area contributed by atoms with Gasteiger partial charge in [0.2, 0.25) is 0 Å². The van der Waals surface area contributed by atoms with Gasteiger partial charge in [0.15, 0.2) is 9.84 Å². The molecule has 2 N–H and O–H groups in total. The number of aliphatic hydroxyl groups is 1. The van der Waals surface area contributed by atoms with Gasteiger partial charge < -0.3 is 10.4 Å². The first-order valence-electron chi connectivity index (χ1n) is 4.21. The highest BCUT2D eigenvalue weighted by Gasteiger charge is 2.38. The van der Waals surface area contributed by atoms with Crippen LogP contribution in [0.15, 0.2) is 0 Å². The Hall–Kier alpha value is -0.130. The molecule has 4 nitrogen and oxygen atoms in total. The average Bonchev–Trinajstić information content (AvgIpc) is 2.63. The van der Waals surface area contributed by atoms with Crippen LogP contribution in [-0.4, -0.2) is 43.2 Å². The molecule has 2 fully saturated rings. The van der Waals surface area contributed by atoms with Crippen LogP contribution in [0.4, 0.5) is 0 Å². The Morgan fingerprint density at radius 2 is 1.92 bits per heavy atom. The van der Waals surface area contributed by atoms with Crippen LogP contribution in [0.25, 0.3) is 0 Å². The van der Waals surface area contributed by atoms with Crippen molar-refractivity contribution in [2.24, 2.45) is 0 Å². The smallest absolute Gasteiger partial charge is 0.154 e. The van der Waals surface area contributed by atoms with E-state index in [-0.39, 0.29) is 17.5 Å². The molecule has 0 unspecified atom stereocenters. The van der Waals surface area contributed by atoms with Crippen LogP contribution < -0.4 is 5.32 Å². The summed E-state index contributed by atoms with van der Waals surface area (Å²) in [7, 11) is -2.98. The van der Waals surface area contributed by atoms with Crippen LogP contribution in [0.2, 0.25) is 0 Å². The number of hydrogen-bond donors (Lipinski definition) is 2.